The van der Waals surface area contributed by atoms with Crippen molar-refractivity contribution in [2.24, 2.45) is 0 Å². The van der Waals surface area contributed by atoms with Gasteiger partial charge in [0.2, 0.25) is 5.78 Å². The van der Waals surface area contributed by atoms with Gasteiger partial charge in [-0.25, -0.2) is 0 Å². The summed E-state index contributed by atoms with van der Waals surface area (Å²) in [6.07, 6.45) is -0.518. The molecule has 0 fully saturated rings. The van der Waals surface area contributed by atoms with E-state index in [4.69, 9.17) is 0 Å². The zero-order chi connectivity index (χ0) is 21.8. The smallest absolute Gasteiger partial charge is 0.303 e. The number of esters is 1. The average Bonchev–Trinajstić information content (AvgIpc) is 2.72. The van der Waals surface area contributed by atoms with Crippen LogP contribution in [0, 0.1) is 0 Å². The van der Waals surface area contributed by atoms with Crippen LogP contribution in [0.1, 0.15) is 56.3 Å². The topological polar surface area (TPSA) is 138 Å². The summed E-state index contributed by atoms with van der Waals surface area (Å²) in [5, 5.41) is 32.5. The zero-order valence-electron chi connectivity index (χ0n) is 16.0. The first kappa shape index (κ1) is 19.8. The minimum atomic E-state index is -1.94. The normalized spacial score (nSPS) is 19.5. The first-order valence-corrected chi connectivity index (χ1v) is 9.33. The Labute approximate surface area is 170 Å². The van der Waals surface area contributed by atoms with Gasteiger partial charge in [-0.2, -0.15) is 0 Å². The molecule has 1 unspecified atom stereocenters. The lowest BCUT2D eigenvalue weighted by atomic mass is 9.73. The van der Waals surface area contributed by atoms with Gasteiger partial charge in [0.05, 0.1) is 11.1 Å². The van der Waals surface area contributed by atoms with E-state index in [2.05, 4.69) is 4.74 Å². The molecular formula is C22H18O8. The maximum absolute atomic E-state index is 13.0. The Morgan fingerprint density at radius 2 is 1.53 bits per heavy atom. The first-order valence-electron chi connectivity index (χ1n) is 9.33. The lowest BCUT2D eigenvalue weighted by molar-refractivity contribution is -0.153. The Morgan fingerprint density at radius 1 is 1.00 bits per heavy atom. The second-order valence-electron chi connectivity index (χ2n) is 7.52. The van der Waals surface area contributed by atoms with Crippen molar-refractivity contribution in [2.45, 2.75) is 31.8 Å². The molecule has 0 aliphatic heterocycles. The van der Waals surface area contributed by atoms with Crippen molar-refractivity contribution in [3.63, 3.8) is 0 Å². The molecule has 0 amide bonds. The van der Waals surface area contributed by atoms with Crippen LogP contribution in [0.4, 0.5) is 0 Å². The molecule has 30 heavy (non-hydrogen) atoms. The van der Waals surface area contributed by atoms with Crippen LogP contribution in [0.2, 0.25) is 0 Å². The molecule has 2 aliphatic rings. The number of rotatable bonds is 3. The number of Topliss-reactive ketones (excluding diaryl/α,β-unsaturated/α-hetero) is 1. The van der Waals surface area contributed by atoms with E-state index in [0.717, 1.165) is 6.92 Å². The number of aromatic hydroxyl groups is 2. The van der Waals surface area contributed by atoms with E-state index in [-0.39, 0.29) is 46.2 Å². The third-order valence-electron chi connectivity index (χ3n) is 5.71. The van der Waals surface area contributed by atoms with Crippen LogP contribution in [0.25, 0.3) is 0 Å². The van der Waals surface area contributed by atoms with E-state index in [9.17, 15) is 34.5 Å². The van der Waals surface area contributed by atoms with Gasteiger partial charge in [0, 0.05) is 35.6 Å². The number of carbonyl (C=O) groups is 4. The van der Waals surface area contributed by atoms with E-state index in [1.807, 2.05) is 0 Å². The summed E-state index contributed by atoms with van der Waals surface area (Å²) < 4.78 is 4.67. The van der Waals surface area contributed by atoms with Crippen molar-refractivity contribution in [3.8, 4) is 11.5 Å². The second kappa shape index (κ2) is 6.77. The van der Waals surface area contributed by atoms with Crippen LogP contribution in [0.15, 0.2) is 24.3 Å². The lowest BCUT2D eigenvalue weighted by Gasteiger charge is -2.34. The minimum absolute atomic E-state index is 0.0204. The number of phenols is 2. The Bertz CT molecular complexity index is 1150. The largest absolute Gasteiger partial charge is 0.507 e. The predicted molar refractivity (Wildman–Crippen MR) is 102 cm³/mol. The highest BCUT2D eigenvalue weighted by Crippen LogP contribution is 2.47. The Kier molecular flexibility index (Phi) is 4.47. The molecular weight excluding hydrogens is 392 g/mol. The highest BCUT2D eigenvalue weighted by atomic mass is 16.5. The molecule has 0 radical (unpaired) electrons. The van der Waals surface area contributed by atoms with Gasteiger partial charge in [-0.1, -0.05) is 24.3 Å². The molecule has 154 valence electrons. The molecule has 4 rings (SSSR count). The van der Waals surface area contributed by atoms with Crippen molar-refractivity contribution in [1.29, 1.82) is 0 Å². The first-order chi connectivity index (χ1) is 14.2. The SMILES string of the molecule is CC(=O)OCC(=O)C1(O)CCc2c(O)c3c(c(O)c2C1)C(=O)c1ccccc1C3=O. The van der Waals surface area contributed by atoms with Gasteiger partial charge in [0.25, 0.3) is 0 Å². The van der Waals surface area contributed by atoms with Crippen LogP contribution in [0.3, 0.4) is 0 Å². The number of hydrogen-bond donors (Lipinski definition) is 3. The number of ketones is 3. The van der Waals surface area contributed by atoms with E-state index < -0.39 is 53.4 Å². The molecule has 1 atom stereocenters. The van der Waals surface area contributed by atoms with Crippen molar-refractivity contribution >= 4 is 23.3 Å². The number of benzene rings is 2. The summed E-state index contributed by atoms with van der Waals surface area (Å²) in [5.74, 6) is -3.61. The molecule has 8 heteroatoms. The number of ether oxygens (including phenoxy) is 1. The number of phenolic OH excluding ortho intramolecular Hbond substituents is 2. The van der Waals surface area contributed by atoms with Gasteiger partial charge in [-0.05, 0) is 12.8 Å². The predicted octanol–water partition coefficient (Wildman–Crippen LogP) is 1.23. The molecule has 0 aromatic heterocycles. The van der Waals surface area contributed by atoms with Crippen molar-refractivity contribution in [1.82, 2.24) is 0 Å². The number of carbonyl (C=O) groups excluding carboxylic acids is 4. The third-order valence-corrected chi connectivity index (χ3v) is 5.71. The fourth-order valence-electron chi connectivity index (χ4n) is 4.13. The minimum Gasteiger partial charge on any atom is -0.507 e. The van der Waals surface area contributed by atoms with Gasteiger partial charge in [0.1, 0.15) is 17.1 Å². The van der Waals surface area contributed by atoms with E-state index in [1.54, 1.807) is 12.1 Å². The summed E-state index contributed by atoms with van der Waals surface area (Å²) in [6.45, 7) is 0.494. The van der Waals surface area contributed by atoms with Crippen LogP contribution < -0.4 is 0 Å². The standard InChI is InChI=1S/C22H18O8/c1-10(23)30-9-15(24)22(29)7-6-13-14(8-22)21(28)17-16(20(13)27)18(25)11-4-2-3-5-12(11)19(17)26/h2-5,27-29H,6-9H2,1H3. The summed E-state index contributed by atoms with van der Waals surface area (Å²) in [4.78, 5) is 49.3. The van der Waals surface area contributed by atoms with Gasteiger partial charge in [-0.3, -0.25) is 19.2 Å². The number of aliphatic hydroxyl groups is 1. The Morgan fingerprint density at radius 3 is 2.07 bits per heavy atom. The number of fused-ring (bicyclic) bond motifs is 3. The monoisotopic (exact) mass is 410 g/mol. The molecule has 0 heterocycles. The maximum Gasteiger partial charge on any atom is 0.303 e. The molecule has 0 saturated heterocycles. The average molecular weight is 410 g/mol. The zero-order valence-corrected chi connectivity index (χ0v) is 16.0. The van der Waals surface area contributed by atoms with Gasteiger partial charge in [0.15, 0.2) is 18.2 Å². The van der Waals surface area contributed by atoms with Gasteiger partial charge >= 0.3 is 5.97 Å². The molecule has 8 nitrogen and oxygen atoms in total. The summed E-state index contributed by atoms with van der Waals surface area (Å²) in [7, 11) is 0. The van der Waals surface area contributed by atoms with Gasteiger partial charge < -0.3 is 20.1 Å². The van der Waals surface area contributed by atoms with E-state index in [1.165, 1.54) is 12.1 Å². The van der Waals surface area contributed by atoms with Crippen LogP contribution in [-0.4, -0.2) is 50.8 Å². The Balaban J connectivity index is 1.82. The lowest BCUT2D eigenvalue weighted by Crippen LogP contribution is -2.46. The van der Waals surface area contributed by atoms with Crippen LogP contribution in [0.5, 0.6) is 11.5 Å². The fourth-order valence-corrected chi connectivity index (χ4v) is 4.13. The molecule has 0 bridgehead atoms. The highest BCUT2D eigenvalue weighted by Gasteiger charge is 2.45. The van der Waals surface area contributed by atoms with Crippen molar-refractivity contribution in [3.05, 3.63) is 57.6 Å². The third kappa shape index (κ3) is 2.80. The maximum atomic E-state index is 13.0. The summed E-state index contributed by atoms with van der Waals surface area (Å²) >= 11 is 0. The molecule has 2 aromatic rings. The molecule has 2 aromatic carbocycles. The van der Waals surface area contributed by atoms with E-state index >= 15 is 0 Å². The van der Waals surface area contributed by atoms with Crippen LogP contribution >= 0.6 is 0 Å². The fraction of sp³-hybridized carbons (Fsp3) is 0.273. The van der Waals surface area contributed by atoms with E-state index in [0.29, 0.717) is 0 Å². The molecule has 3 N–H and O–H groups in total. The van der Waals surface area contributed by atoms with Crippen molar-refractivity contribution in [2.75, 3.05) is 6.61 Å². The molecule has 0 spiro atoms. The quantitative estimate of drug-likeness (QED) is 0.433. The van der Waals surface area contributed by atoms with Crippen LogP contribution in [-0.2, 0) is 27.2 Å². The summed E-state index contributed by atoms with van der Waals surface area (Å²) in [6, 6.07) is 6.10. The van der Waals surface area contributed by atoms with Gasteiger partial charge in [-0.15, -0.1) is 0 Å². The molecule has 2 aliphatic carbocycles. The Hall–Kier alpha value is -3.52. The molecule has 0 saturated carbocycles. The summed E-state index contributed by atoms with van der Waals surface area (Å²) in [5.41, 5.74) is -2.10. The van der Waals surface area contributed by atoms with Crippen molar-refractivity contribution < 1.29 is 39.2 Å². The highest BCUT2D eigenvalue weighted by molar-refractivity contribution is 6.30. The second-order valence-corrected chi connectivity index (χ2v) is 7.52. The number of hydrogen-bond acceptors (Lipinski definition) is 8.